The summed E-state index contributed by atoms with van der Waals surface area (Å²) in [5.41, 5.74) is 0.274. The van der Waals surface area contributed by atoms with Crippen LogP contribution in [0.4, 0.5) is 8.78 Å². The molecule has 0 aliphatic heterocycles. The van der Waals surface area contributed by atoms with Gasteiger partial charge in [-0.3, -0.25) is 4.79 Å². The zero-order chi connectivity index (χ0) is 13.0. The Balaban J connectivity index is 2.76. The largest absolute Gasteiger partial charge is 0.349 e. The maximum atomic E-state index is 13.4. The number of alkyl halides is 1. The molecular formula is C12H14BrF2NO. The second kappa shape index (κ2) is 6.10. The number of benzene rings is 1. The summed E-state index contributed by atoms with van der Waals surface area (Å²) >= 11 is 3.21. The van der Waals surface area contributed by atoms with Gasteiger partial charge < -0.3 is 5.32 Å². The average Bonchev–Trinajstić information content (AvgIpc) is 2.27. The molecular weight excluding hydrogens is 292 g/mol. The first-order valence-electron chi connectivity index (χ1n) is 5.35. The van der Waals surface area contributed by atoms with Crippen molar-refractivity contribution in [3.63, 3.8) is 0 Å². The predicted molar refractivity (Wildman–Crippen MR) is 65.9 cm³/mol. The lowest BCUT2D eigenvalue weighted by Gasteiger charge is -2.17. The Morgan fingerprint density at radius 2 is 2.12 bits per heavy atom. The monoisotopic (exact) mass is 305 g/mol. The summed E-state index contributed by atoms with van der Waals surface area (Å²) in [6, 6.07) is 2.83. The number of halogens is 3. The fourth-order valence-corrected chi connectivity index (χ4v) is 1.55. The summed E-state index contributed by atoms with van der Waals surface area (Å²) in [5.74, 6) is -1.49. The van der Waals surface area contributed by atoms with Crippen LogP contribution in [0.1, 0.15) is 31.9 Å². The van der Waals surface area contributed by atoms with Crippen molar-refractivity contribution in [2.75, 3.05) is 0 Å². The van der Waals surface area contributed by atoms with Crippen LogP contribution in [0.5, 0.6) is 0 Å². The average molecular weight is 306 g/mol. The molecule has 0 aliphatic carbocycles. The molecule has 0 aliphatic rings. The minimum Gasteiger partial charge on any atom is -0.349 e. The molecule has 1 aromatic rings. The molecule has 17 heavy (non-hydrogen) atoms. The first kappa shape index (κ1) is 14.1. The van der Waals surface area contributed by atoms with Gasteiger partial charge in [0.2, 0.25) is 5.91 Å². The normalized spacial score (nSPS) is 14.2. The fourth-order valence-electron chi connectivity index (χ4n) is 1.42. The Bertz CT molecular complexity index is 411. The lowest BCUT2D eigenvalue weighted by atomic mass is 10.1. The molecule has 0 heterocycles. The molecule has 0 aromatic heterocycles. The Morgan fingerprint density at radius 1 is 1.47 bits per heavy atom. The predicted octanol–water partition coefficient (Wildman–Crippen LogP) is 3.32. The van der Waals surface area contributed by atoms with E-state index in [4.69, 9.17) is 0 Å². The number of hydrogen-bond donors (Lipinski definition) is 1. The molecule has 1 rings (SSSR count). The van der Waals surface area contributed by atoms with Crippen molar-refractivity contribution in [3.05, 3.63) is 35.4 Å². The third-order valence-electron chi connectivity index (χ3n) is 2.43. The lowest BCUT2D eigenvalue weighted by molar-refractivity contribution is -0.121. The van der Waals surface area contributed by atoms with Crippen LogP contribution in [-0.4, -0.2) is 10.7 Å². The molecule has 1 N–H and O–H groups in total. The van der Waals surface area contributed by atoms with Crippen LogP contribution < -0.4 is 5.32 Å². The van der Waals surface area contributed by atoms with Gasteiger partial charge in [0, 0.05) is 11.6 Å². The highest BCUT2D eigenvalue weighted by Gasteiger charge is 2.18. The summed E-state index contributed by atoms with van der Waals surface area (Å²) in [6.45, 7) is 3.52. The third-order valence-corrected chi connectivity index (χ3v) is 3.49. The Morgan fingerprint density at radius 3 is 2.65 bits per heavy atom. The first-order valence-corrected chi connectivity index (χ1v) is 6.26. The molecule has 5 heteroatoms. The van der Waals surface area contributed by atoms with Gasteiger partial charge in [-0.25, -0.2) is 8.78 Å². The van der Waals surface area contributed by atoms with E-state index >= 15 is 0 Å². The van der Waals surface area contributed by atoms with Crippen LogP contribution >= 0.6 is 15.9 Å². The molecule has 0 saturated heterocycles. The molecule has 94 valence electrons. The second-order valence-electron chi connectivity index (χ2n) is 3.77. The third kappa shape index (κ3) is 3.77. The first-order chi connectivity index (χ1) is 7.95. The van der Waals surface area contributed by atoms with Gasteiger partial charge >= 0.3 is 0 Å². The van der Waals surface area contributed by atoms with Crippen molar-refractivity contribution in [3.8, 4) is 0 Å². The molecule has 0 fully saturated rings. The highest BCUT2D eigenvalue weighted by atomic mass is 79.9. The van der Waals surface area contributed by atoms with Crippen molar-refractivity contribution in [1.82, 2.24) is 5.32 Å². The van der Waals surface area contributed by atoms with Gasteiger partial charge in [0.25, 0.3) is 0 Å². The maximum absolute atomic E-state index is 13.4. The summed E-state index contributed by atoms with van der Waals surface area (Å²) in [7, 11) is 0. The van der Waals surface area contributed by atoms with Gasteiger partial charge in [-0.2, -0.15) is 0 Å². The minimum absolute atomic E-state index is 0.205. The van der Waals surface area contributed by atoms with Crippen molar-refractivity contribution in [2.45, 2.75) is 31.1 Å². The van der Waals surface area contributed by atoms with E-state index in [0.717, 1.165) is 6.07 Å². The molecule has 0 unspecified atom stereocenters. The number of amides is 1. The van der Waals surface area contributed by atoms with E-state index in [1.54, 1.807) is 6.92 Å². The fraction of sp³-hybridized carbons (Fsp3) is 0.417. The van der Waals surface area contributed by atoms with Crippen molar-refractivity contribution in [2.24, 2.45) is 0 Å². The zero-order valence-electron chi connectivity index (χ0n) is 9.64. The summed E-state index contributed by atoms with van der Waals surface area (Å²) in [4.78, 5) is 11.3. The van der Waals surface area contributed by atoms with E-state index in [1.165, 1.54) is 12.1 Å². The zero-order valence-corrected chi connectivity index (χ0v) is 11.2. The van der Waals surface area contributed by atoms with E-state index in [1.807, 2.05) is 6.92 Å². The highest BCUT2D eigenvalue weighted by Crippen LogP contribution is 2.18. The quantitative estimate of drug-likeness (QED) is 0.850. The molecule has 2 atom stereocenters. The van der Waals surface area contributed by atoms with E-state index in [-0.39, 0.29) is 16.3 Å². The molecule has 0 spiro atoms. The highest BCUT2D eigenvalue weighted by molar-refractivity contribution is 9.10. The molecule has 2 nitrogen and oxygen atoms in total. The topological polar surface area (TPSA) is 29.1 Å². The smallest absolute Gasteiger partial charge is 0.234 e. The summed E-state index contributed by atoms with van der Waals surface area (Å²) < 4.78 is 26.2. The molecule has 0 bridgehead atoms. The van der Waals surface area contributed by atoms with E-state index in [2.05, 4.69) is 21.2 Å². The van der Waals surface area contributed by atoms with E-state index in [0.29, 0.717) is 6.42 Å². The van der Waals surface area contributed by atoms with Gasteiger partial charge in [-0.15, -0.1) is 0 Å². The molecule has 0 radical (unpaired) electrons. The number of hydrogen-bond acceptors (Lipinski definition) is 1. The van der Waals surface area contributed by atoms with Crippen LogP contribution in [0.15, 0.2) is 18.2 Å². The van der Waals surface area contributed by atoms with Crippen LogP contribution in [0.2, 0.25) is 0 Å². The maximum Gasteiger partial charge on any atom is 0.234 e. The SMILES string of the molecule is CC[C@H](Br)C(=O)N[C@H](C)c1ccc(F)cc1F. The van der Waals surface area contributed by atoms with Gasteiger partial charge in [0.15, 0.2) is 0 Å². The number of nitrogens with one attached hydrogen (secondary N) is 1. The van der Waals surface area contributed by atoms with Gasteiger partial charge in [-0.1, -0.05) is 28.9 Å². The van der Waals surface area contributed by atoms with Crippen molar-refractivity contribution >= 4 is 21.8 Å². The van der Waals surface area contributed by atoms with E-state index in [9.17, 15) is 13.6 Å². The summed E-state index contributed by atoms with van der Waals surface area (Å²) in [6.07, 6.45) is 0.643. The number of carbonyl (C=O) groups excluding carboxylic acids is 1. The molecule has 0 saturated carbocycles. The number of rotatable bonds is 4. The second-order valence-corrected chi connectivity index (χ2v) is 4.88. The van der Waals surface area contributed by atoms with E-state index < -0.39 is 17.7 Å². The van der Waals surface area contributed by atoms with Gasteiger partial charge in [0.05, 0.1) is 10.9 Å². The summed E-state index contributed by atoms with van der Waals surface area (Å²) in [5, 5.41) is 2.66. The van der Waals surface area contributed by atoms with Crippen molar-refractivity contribution < 1.29 is 13.6 Å². The van der Waals surface area contributed by atoms with Gasteiger partial charge in [0.1, 0.15) is 11.6 Å². The van der Waals surface area contributed by atoms with Crippen LogP contribution in [-0.2, 0) is 4.79 Å². The Hall–Kier alpha value is -0.970. The van der Waals surface area contributed by atoms with Crippen molar-refractivity contribution in [1.29, 1.82) is 0 Å². The minimum atomic E-state index is -0.652. The van der Waals surface area contributed by atoms with Crippen LogP contribution in [0.3, 0.4) is 0 Å². The van der Waals surface area contributed by atoms with Gasteiger partial charge in [-0.05, 0) is 19.4 Å². The Kier molecular flexibility index (Phi) is 5.05. The molecule has 1 amide bonds. The Labute approximate surface area is 108 Å². The number of carbonyl (C=O) groups is 1. The van der Waals surface area contributed by atoms with Crippen LogP contribution in [0.25, 0.3) is 0 Å². The van der Waals surface area contributed by atoms with Crippen LogP contribution in [0, 0.1) is 11.6 Å². The lowest BCUT2D eigenvalue weighted by Crippen LogP contribution is -2.33. The standard InChI is InChI=1S/C12H14BrF2NO/c1-3-10(13)12(17)16-7(2)9-5-4-8(14)6-11(9)15/h4-7,10H,3H2,1-2H3,(H,16,17)/t7-,10+/m1/s1. The molecule has 1 aromatic carbocycles.